The molecule has 0 aliphatic carbocycles. The van der Waals surface area contributed by atoms with Gasteiger partial charge in [-0.25, -0.2) is 4.79 Å². The van der Waals surface area contributed by atoms with Gasteiger partial charge in [0.15, 0.2) is 0 Å². The van der Waals surface area contributed by atoms with Crippen LogP contribution in [-0.2, 0) is 9.53 Å². The molecule has 0 bridgehead atoms. The molecule has 0 aromatic heterocycles. The van der Waals surface area contributed by atoms with Crippen molar-refractivity contribution >= 4 is 17.7 Å². The van der Waals surface area contributed by atoms with Crippen LogP contribution in [0.25, 0.3) is 0 Å². The zero-order valence-electron chi connectivity index (χ0n) is 9.90. The second kappa shape index (κ2) is 5.03. The number of ether oxygens (including phenoxy) is 1. The predicted molar refractivity (Wildman–Crippen MR) is 55.7 cm³/mol. The van der Waals surface area contributed by atoms with E-state index in [0.717, 1.165) is 7.11 Å². The fourth-order valence-corrected chi connectivity index (χ4v) is 1.56. The zero-order valence-corrected chi connectivity index (χ0v) is 9.90. The van der Waals surface area contributed by atoms with Crippen molar-refractivity contribution in [1.29, 1.82) is 0 Å². The number of esters is 1. The molecule has 0 radical (unpaired) electrons. The van der Waals surface area contributed by atoms with Gasteiger partial charge < -0.3 is 15.6 Å². The lowest BCUT2D eigenvalue weighted by molar-refractivity contribution is -0.296. The minimum atomic E-state index is -5.11. The Balaban J connectivity index is 2.87. The predicted octanol–water partition coefficient (Wildman–Crippen LogP) is 0.331. The average Bonchev–Trinajstić information content (AvgIpc) is 2.64. The van der Waals surface area contributed by atoms with Gasteiger partial charge in [-0.3, -0.25) is 4.79 Å². The van der Waals surface area contributed by atoms with Crippen molar-refractivity contribution in [2.45, 2.75) is 31.2 Å². The van der Waals surface area contributed by atoms with Gasteiger partial charge in [-0.05, 0) is 6.42 Å². The number of hydrogen-bond acceptors (Lipinski definition) is 5. The highest BCUT2D eigenvalue weighted by atomic mass is 19.4. The smallest absolute Gasteiger partial charge is 0.438 e. The zero-order chi connectivity index (χ0) is 14.8. The van der Waals surface area contributed by atoms with E-state index in [0.29, 0.717) is 0 Å². The molecule has 1 aliphatic rings. The van der Waals surface area contributed by atoms with Gasteiger partial charge in [-0.2, -0.15) is 23.3 Å². The highest BCUT2D eigenvalue weighted by Crippen LogP contribution is 2.40. The summed E-state index contributed by atoms with van der Waals surface area (Å²) in [6.45, 7) is 0. The van der Waals surface area contributed by atoms with Gasteiger partial charge in [0.2, 0.25) is 0 Å². The topological polar surface area (TPSA) is 105 Å². The first-order chi connectivity index (χ1) is 8.61. The second-order valence-corrected chi connectivity index (χ2v) is 3.88. The Kier molecular flexibility index (Phi) is 4.03. The van der Waals surface area contributed by atoms with Crippen LogP contribution in [-0.4, -0.2) is 46.8 Å². The second-order valence-electron chi connectivity index (χ2n) is 3.88. The molecule has 108 valence electrons. The summed E-state index contributed by atoms with van der Waals surface area (Å²) in [7, 11) is 1.13. The number of rotatable bonds is 3. The molecular weight excluding hydrogens is 271 g/mol. The fraction of sp³-hybridized carbons (Fsp3) is 0.667. The molecule has 7 nitrogen and oxygen atoms in total. The average molecular weight is 283 g/mol. The Morgan fingerprint density at radius 2 is 2.16 bits per heavy atom. The minimum Gasteiger partial charge on any atom is -0.469 e. The van der Waals surface area contributed by atoms with Gasteiger partial charge in [-0.1, -0.05) is 0 Å². The number of nitrogens with zero attached hydrogens (tertiary/aromatic N) is 2. The molecule has 0 aromatic rings. The Morgan fingerprint density at radius 3 is 2.53 bits per heavy atom. The summed E-state index contributed by atoms with van der Waals surface area (Å²) in [5.74, 6) is -0.643. The first-order valence-corrected chi connectivity index (χ1v) is 5.13. The van der Waals surface area contributed by atoms with Gasteiger partial charge in [0.1, 0.15) is 0 Å². The number of alkyl halides is 3. The third kappa shape index (κ3) is 2.95. The van der Waals surface area contributed by atoms with Gasteiger partial charge >= 0.3 is 18.2 Å². The van der Waals surface area contributed by atoms with E-state index in [1.165, 1.54) is 0 Å². The van der Waals surface area contributed by atoms with Crippen LogP contribution in [0, 0.1) is 0 Å². The SMILES string of the molecule is COC(=O)CCC1=NN(C(N)=O)[C@@](O)(C(F)(F)F)C1. The van der Waals surface area contributed by atoms with Crippen LogP contribution in [0.4, 0.5) is 18.0 Å². The van der Waals surface area contributed by atoms with Crippen LogP contribution in [0.1, 0.15) is 19.3 Å². The number of carbonyl (C=O) groups is 2. The molecule has 2 amide bonds. The fourth-order valence-electron chi connectivity index (χ4n) is 1.56. The lowest BCUT2D eigenvalue weighted by Gasteiger charge is -2.31. The molecule has 0 fully saturated rings. The molecule has 19 heavy (non-hydrogen) atoms. The maximum Gasteiger partial charge on any atom is 0.438 e. The molecule has 10 heteroatoms. The number of primary amides is 1. The van der Waals surface area contributed by atoms with Crippen molar-refractivity contribution in [3.8, 4) is 0 Å². The molecule has 0 unspecified atom stereocenters. The Labute approximate surface area is 105 Å². The van der Waals surface area contributed by atoms with Crippen molar-refractivity contribution in [3.63, 3.8) is 0 Å². The van der Waals surface area contributed by atoms with Crippen molar-refractivity contribution in [2.24, 2.45) is 10.8 Å². The lowest BCUT2D eigenvalue weighted by Crippen LogP contribution is -2.57. The molecule has 1 heterocycles. The summed E-state index contributed by atoms with van der Waals surface area (Å²) >= 11 is 0. The Bertz CT molecular complexity index is 423. The van der Waals surface area contributed by atoms with Crippen LogP contribution < -0.4 is 5.73 Å². The molecule has 0 aromatic carbocycles. The molecule has 0 saturated carbocycles. The van der Waals surface area contributed by atoms with Crippen molar-refractivity contribution in [1.82, 2.24) is 5.01 Å². The van der Waals surface area contributed by atoms with Crippen LogP contribution in [0.5, 0.6) is 0 Å². The number of methoxy groups -OCH3 is 1. The van der Waals surface area contributed by atoms with Gasteiger partial charge in [0.25, 0.3) is 5.72 Å². The van der Waals surface area contributed by atoms with E-state index in [-0.39, 0.29) is 23.6 Å². The number of hydrazone groups is 1. The summed E-state index contributed by atoms with van der Waals surface area (Å²) in [6.07, 6.45) is -6.44. The third-order valence-corrected chi connectivity index (χ3v) is 2.55. The van der Waals surface area contributed by atoms with Crippen LogP contribution >= 0.6 is 0 Å². The summed E-state index contributed by atoms with van der Waals surface area (Å²) in [5.41, 5.74) is 1.11. The van der Waals surface area contributed by atoms with Gasteiger partial charge in [0, 0.05) is 12.1 Å². The Hall–Kier alpha value is -1.84. The number of aliphatic hydroxyl groups is 1. The van der Waals surface area contributed by atoms with Gasteiger partial charge in [0.05, 0.1) is 13.5 Å². The molecule has 1 atom stereocenters. The summed E-state index contributed by atoms with van der Waals surface area (Å²) in [6, 6.07) is -1.53. The van der Waals surface area contributed by atoms with Crippen LogP contribution in [0.3, 0.4) is 0 Å². The lowest BCUT2D eigenvalue weighted by atomic mass is 10.0. The van der Waals surface area contributed by atoms with E-state index >= 15 is 0 Å². The Morgan fingerprint density at radius 1 is 1.58 bits per heavy atom. The first kappa shape index (κ1) is 15.2. The van der Waals surface area contributed by atoms with E-state index in [4.69, 9.17) is 5.73 Å². The summed E-state index contributed by atoms with van der Waals surface area (Å²) in [4.78, 5) is 21.8. The number of urea groups is 1. The molecule has 1 rings (SSSR count). The monoisotopic (exact) mass is 283 g/mol. The van der Waals surface area contributed by atoms with E-state index in [1.54, 1.807) is 0 Å². The normalized spacial score (nSPS) is 23.2. The minimum absolute atomic E-state index is 0.163. The maximum absolute atomic E-state index is 12.7. The number of nitrogens with two attached hydrogens (primary N) is 1. The van der Waals surface area contributed by atoms with Gasteiger partial charge in [-0.15, -0.1) is 0 Å². The maximum atomic E-state index is 12.7. The van der Waals surface area contributed by atoms with E-state index in [9.17, 15) is 27.9 Å². The summed E-state index contributed by atoms with van der Waals surface area (Å²) in [5, 5.41) is 12.6. The highest BCUT2D eigenvalue weighted by Gasteiger charge is 2.62. The molecule has 1 aliphatic heterocycles. The first-order valence-electron chi connectivity index (χ1n) is 5.13. The summed E-state index contributed by atoms with van der Waals surface area (Å²) < 4.78 is 42.5. The van der Waals surface area contributed by atoms with Crippen molar-refractivity contribution in [3.05, 3.63) is 0 Å². The molecule has 0 saturated heterocycles. The van der Waals surface area contributed by atoms with Crippen molar-refractivity contribution < 1.29 is 32.6 Å². The molecular formula is C9H12F3N3O4. The standard InChI is InChI=1S/C9H12F3N3O4/c1-19-6(16)3-2-5-4-8(18,9(10,11)12)15(14-5)7(13)17/h18H,2-4H2,1H3,(H2,13,17)/t8-/m0/s1. The number of halogens is 3. The molecule has 3 N–H and O–H groups in total. The highest BCUT2D eigenvalue weighted by molar-refractivity contribution is 5.91. The van der Waals surface area contributed by atoms with Crippen LogP contribution in [0.15, 0.2) is 5.10 Å². The van der Waals surface area contributed by atoms with E-state index in [2.05, 4.69) is 9.84 Å². The molecule has 0 spiro atoms. The van der Waals surface area contributed by atoms with E-state index in [1.807, 2.05) is 0 Å². The quantitative estimate of drug-likeness (QED) is 0.728. The van der Waals surface area contributed by atoms with E-state index < -0.39 is 30.3 Å². The third-order valence-electron chi connectivity index (χ3n) is 2.55. The van der Waals surface area contributed by atoms with Crippen LogP contribution in [0.2, 0.25) is 0 Å². The largest absolute Gasteiger partial charge is 0.469 e. The number of amides is 2. The number of carbonyl (C=O) groups excluding carboxylic acids is 2. The van der Waals surface area contributed by atoms with Crippen molar-refractivity contribution in [2.75, 3.05) is 7.11 Å². The number of hydrogen-bond donors (Lipinski definition) is 2.